The van der Waals surface area contributed by atoms with Crippen LogP contribution in [-0.4, -0.2) is 41.4 Å². The lowest BCUT2D eigenvalue weighted by Crippen LogP contribution is -2.79. The summed E-state index contributed by atoms with van der Waals surface area (Å²) in [5, 5.41) is 9.15. The first-order valence-corrected chi connectivity index (χ1v) is 7.64. The Hall–Kier alpha value is -2.35. The van der Waals surface area contributed by atoms with E-state index >= 15 is 0 Å². The molecule has 4 aliphatic carbocycles. The maximum absolute atomic E-state index is 12.8. The molecule has 5 nitrogen and oxygen atoms in total. The van der Waals surface area contributed by atoms with Gasteiger partial charge in [0.15, 0.2) is 0 Å². The zero-order valence-electron chi connectivity index (χ0n) is 12.2. The number of hydrogen-bond acceptors (Lipinski definition) is 3. The summed E-state index contributed by atoms with van der Waals surface area (Å²) in [7, 11) is 3.44. The fraction of sp³-hybridized carbons (Fsp3) is 0.471. The largest absolute Gasteiger partial charge is 0.326 e. The Morgan fingerprint density at radius 1 is 1.14 bits per heavy atom. The molecular formula is C17H13N3O2. The highest BCUT2D eigenvalue weighted by Crippen LogP contribution is 3.02. The van der Waals surface area contributed by atoms with Gasteiger partial charge in [-0.05, 0) is 35.1 Å². The van der Waals surface area contributed by atoms with Gasteiger partial charge in [0.05, 0.1) is 22.6 Å². The molecule has 1 saturated heterocycles. The van der Waals surface area contributed by atoms with Crippen LogP contribution >= 0.6 is 0 Å². The number of hydrogen-bond donors (Lipinski definition) is 0. The lowest BCUT2D eigenvalue weighted by molar-refractivity contribution is -0.172. The number of urea groups is 1. The average molecular weight is 291 g/mol. The maximum atomic E-state index is 12.8. The smallest absolute Gasteiger partial charge is 0.319 e. The van der Waals surface area contributed by atoms with E-state index in [0.29, 0.717) is 17.4 Å². The second kappa shape index (κ2) is 2.67. The van der Waals surface area contributed by atoms with E-state index < -0.39 is 0 Å². The Kier molecular flexibility index (Phi) is 1.36. The number of amides is 3. The number of carbonyl (C=O) groups is 2. The molecule has 6 unspecified atom stereocenters. The fourth-order valence-electron chi connectivity index (χ4n) is 6.94. The molecule has 0 aromatic heterocycles. The van der Waals surface area contributed by atoms with Gasteiger partial charge in [0.2, 0.25) is 5.91 Å². The Labute approximate surface area is 127 Å². The fourth-order valence-corrected chi connectivity index (χ4v) is 6.94. The van der Waals surface area contributed by atoms with Crippen molar-refractivity contribution >= 4 is 11.9 Å². The van der Waals surface area contributed by atoms with E-state index in [1.165, 1.54) is 16.0 Å². The van der Waals surface area contributed by atoms with Gasteiger partial charge >= 0.3 is 6.03 Å². The molecule has 6 rings (SSSR count). The molecule has 1 aromatic carbocycles. The number of imide groups is 1. The van der Waals surface area contributed by atoms with Crippen molar-refractivity contribution in [2.45, 2.75) is 17.4 Å². The summed E-state index contributed by atoms with van der Waals surface area (Å²) in [4.78, 5) is 28.4. The topological polar surface area (TPSA) is 64.4 Å². The minimum Gasteiger partial charge on any atom is -0.319 e. The van der Waals surface area contributed by atoms with Gasteiger partial charge in [-0.2, -0.15) is 5.26 Å². The van der Waals surface area contributed by atoms with Gasteiger partial charge in [-0.1, -0.05) is 6.07 Å². The van der Waals surface area contributed by atoms with Gasteiger partial charge in [-0.3, -0.25) is 9.69 Å². The first-order chi connectivity index (χ1) is 10.5. The van der Waals surface area contributed by atoms with Crippen molar-refractivity contribution in [2.24, 2.45) is 17.3 Å². The van der Waals surface area contributed by atoms with Crippen LogP contribution in [0.25, 0.3) is 0 Å². The second-order valence-corrected chi connectivity index (χ2v) is 7.36. The second-order valence-electron chi connectivity index (χ2n) is 7.36. The molecule has 22 heavy (non-hydrogen) atoms. The highest BCUT2D eigenvalue weighted by Gasteiger charge is 3.07. The third kappa shape index (κ3) is 0.637. The summed E-state index contributed by atoms with van der Waals surface area (Å²) in [5.41, 5.74) is 2.48. The van der Waals surface area contributed by atoms with E-state index in [4.69, 9.17) is 5.26 Å². The van der Waals surface area contributed by atoms with E-state index in [1.54, 1.807) is 7.05 Å². The predicted molar refractivity (Wildman–Crippen MR) is 74.7 cm³/mol. The number of fused-ring (bicyclic) bond motifs is 6. The molecule has 3 saturated carbocycles. The Morgan fingerprint density at radius 2 is 1.82 bits per heavy atom. The van der Waals surface area contributed by atoms with Crippen LogP contribution in [0.1, 0.15) is 28.5 Å². The molecule has 1 heterocycles. The first-order valence-electron chi connectivity index (χ1n) is 7.64. The number of likely N-dealkylation sites (N-methyl/N-ethyl adjacent to an activating group) is 1. The number of rotatable bonds is 0. The normalized spacial score (nSPS) is 47.9. The van der Waals surface area contributed by atoms with Gasteiger partial charge in [0.1, 0.15) is 0 Å². The van der Waals surface area contributed by atoms with Crippen LogP contribution < -0.4 is 0 Å². The lowest BCUT2D eigenvalue weighted by atomic mass is 9.49. The number of nitriles is 1. The quantitative estimate of drug-likeness (QED) is 0.723. The molecule has 2 spiro atoms. The Balaban J connectivity index is 1.60. The van der Waals surface area contributed by atoms with Crippen LogP contribution in [0, 0.1) is 28.6 Å². The van der Waals surface area contributed by atoms with Crippen LogP contribution in [-0.2, 0) is 4.79 Å². The highest BCUT2D eigenvalue weighted by atomic mass is 16.2. The summed E-state index contributed by atoms with van der Waals surface area (Å²) in [6, 6.07) is 7.88. The minimum absolute atomic E-state index is 0.0198. The van der Waals surface area contributed by atoms with Crippen molar-refractivity contribution in [2.75, 3.05) is 14.1 Å². The van der Waals surface area contributed by atoms with E-state index in [9.17, 15) is 9.59 Å². The van der Waals surface area contributed by atoms with E-state index in [0.717, 1.165) is 0 Å². The third-order valence-corrected chi connectivity index (χ3v) is 7.33. The predicted octanol–water partition coefficient (Wildman–Crippen LogP) is 1.26. The lowest BCUT2D eigenvalue weighted by Gasteiger charge is -2.65. The molecule has 4 fully saturated rings. The van der Waals surface area contributed by atoms with Crippen molar-refractivity contribution in [3.63, 3.8) is 0 Å². The zero-order chi connectivity index (χ0) is 15.2. The van der Waals surface area contributed by atoms with E-state index in [2.05, 4.69) is 6.07 Å². The summed E-state index contributed by atoms with van der Waals surface area (Å²) in [6.45, 7) is 0. The van der Waals surface area contributed by atoms with E-state index in [-0.39, 0.29) is 34.7 Å². The van der Waals surface area contributed by atoms with Crippen LogP contribution in [0.4, 0.5) is 4.79 Å². The molecule has 108 valence electrons. The highest BCUT2D eigenvalue weighted by molar-refractivity contribution is 6.09. The molecule has 5 aliphatic rings. The monoisotopic (exact) mass is 291 g/mol. The molecule has 1 aromatic rings. The molecular weight excluding hydrogens is 278 g/mol. The van der Waals surface area contributed by atoms with Gasteiger partial charge in [-0.15, -0.1) is 0 Å². The van der Waals surface area contributed by atoms with Crippen LogP contribution in [0.3, 0.4) is 0 Å². The molecule has 0 N–H and O–H groups in total. The van der Waals surface area contributed by atoms with Crippen LogP contribution in [0.2, 0.25) is 0 Å². The van der Waals surface area contributed by atoms with Crippen molar-refractivity contribution in [3.05, 3.63) is 34.9 Å². The van der Waals surface area contributed by atoms with Gasteiger partial charge < -0.3 is 4.90 Å². The van der Waals surface area contributed by atoms with Gasteiger partial charge in [0, 0.05) is 25.9 Å². The zero-order valence-corrected chi connectivity index (χ0v) is 12.2. The van der Waals surface area contributed by atoms with Gasteiger partial charge in [0.25, 0.3) is 0 Å². The van der Waals surface area contributed by atoms with Crippen molar-refractivity contribution in [3.8, 4) is 6.07 Å². The molecule has 0 radical (unpaired) electrons. The van der Waals surface area contributed by atoms with Crippen molar-refractivity contribution in [1.82, 2.24) is 9.80 Å². The number of carbonyl (C=O) groups excluding carboxylic acids is 2. The summed E-state index contributed by atoms with van der Waals surface area (Å²) < 4.78 is 0. The molecule has 1 aliphatic heterocycles. The Morgan fingerprint density at radius 3 is 2.50 bits per heavy atom. The average Bonchev–Trinajstić information content (AvgIpc) is 2.80. The number of nitrogens with zero attached hydrogens (tertiary/aromatic N) is 3. The maximum Gasteiger partial charge on any atom is 0.326 e. The molecule has 3 amide bonds. The van der Waals surface area contributed by atoms with Crippen molar-refractivity contribution < 1.29 is 9.59 Å². The van der Waals surface area contributed by atoms with E-state index in [1.807, 2.05) is 30.1 Å². The standard InChI is InChI=1S/C17H13N3O2/c1-19-14(21)16-12-10-8-4-3-7(6-18)5-9(8)11(13(12)16)17(10,16)20(2)15(19)22/h3-5,10-13H,1-2H3. The summed E-state index contributed by atoms with van der Waals surface area (Å²) >= 11 is 0. The molecule has 6 atom stereocenters. The number of benzene rings is 1. The minimum atomic E-state index is -0.334. The van der Waals surface area contributed by atoms with Gasteiger partial charge in [-0.25, -0.2) is 4.79 Å². The third-order valence-electron chi connectivity index (χ3n) is 7.33. The van der Waals surface area contributed by atoms with Crippen LogP contribution in [0.15, 0.2) is 18.2 Å². The van der Waals surface area contributed by atoms with Crippen LogP contribution in [0.5, 0.6) is 0 Å². The SMILES string of the molecule is CN1C(=O)N(C)C23C4c5ccc(C#N)cc5C2C2C4C23C1=O. The first kappa shape index (κ1) is 11.2. The summed E-state index contributed by atoms with van der Waals surface area (Å²) in [6.07, 6.45) is 0. The summed E-state index contributed by atoms with van der Waals surface area (Å²) in [5.74, 6) is 1.34. The molecule has 5 heteroatoms. The molecule has 0 bridgehead atoms. The Bertz CT molecular complexity index is 886. The van der Waals surface area contributed by atoms with Crippen molar-refractivity contribution in [1.29, 1.82) is 5.26 Å².